The molecule has 1 saturated carbocycles. The highest BCUT2D eigenvalue weighted by molar-refractivity contribution is 6.04. The van der Waals surface area contributed by atoms with Crippen molar-refractivity contribution in [3.05, 3.63) is 24.5 Å². The fraction of sp³-hybridized carbons (Fsp3) is 0.611. The van der Waals surface area contributed by atoms with Crippen molar-refractivity contribution in [3.63, 3.8) is 0 Å². The minimum atomic E-state index is -0.332. The molecule has 0 aromatic carbocycles. The number of amides is 3. The predicted molar refractivity (Wildman–Crippen MR) is 89.6 cm³/mol. The Hall–Kier alpha value is -2.11. The van der Waals surface area contributed by atoms with Crippen LogP contribution in [0.2, 0.25) is 0 Å². The van der Waals surface area contributed by atoms with Gasteiger partial charge in [0.2, 0.25) is 0 Å². The molecule has 0 spiro atoms. The summed E-state index contributed by atoms with van der Waals surface area (Å²) in [4.78, 5) is 29.8. The maximum atomic E-state index is 12.4. The minimum Gasteiger partial charge on any atom is -0.493 e. The van der Waals surface area contributed by atoms with E-state index < -0.39 is 0 Å². The lowest BCUT2D eigenvalue weighted by atomic mass is 9.85. The Morgan fingerprint density at radius 1 is 1.17 bits per heavy atom. The van der Waals surface area contributed by atoms with Crippen molar-refractivity contribution >= 4 is 11.9 Å². The number of aromatic nitrogens is 1. The first-order valence-corrected chi connectivity index (χ1v) is 8.89. The number of hydrogen-bond acceptors (Lipinski definition) is 4. The highest BCUT2D eigenvalue weighted by Gasteiger charge is 2.38. The molecule has 1 saturated heterocycles. The van der Waals surface area contributed by atoms with E-state index in [9.17, 15) is 9.59 Å². The second-order valence-electron chi connectivity index (χ2n) is 6.62. The molecule has 2 fully saturated rings. The first kappa shape index (κ1) is 16.7. The van der Waals surface area contributed by atoms with Gasteiger partial charge in [-0.15, -0.1) is 0 Å². The number of hydrogen-bond donors (Lipinski definition) is 1. The lowest BCUT2D eigenvalue weighted by molar-refractivity contribution is -0.127. The summed E-state index contributed by atoms with van der Waals surface area (Å²) in [6.45, 7) is 0.866. The zero-order valence-corrected chi connectivity index (χ0v) is 13.9. The van der Waals surface area contributed by atoms with E-state index >= 15 is 0 Å². The Morgan fingerprint density at radius 3 is 2.67 bits per heavy atom. The van der Waals surface area contributed by atoms with Crippen LogP contribution in [0.15, 0.2) is 24.5 Å². The van der Waals surface area contributed by atoms with E-state index in [0.717, 1.165) is 12.2 Å². The summed E-state index contributed by atoms with van der Waals surface area (Å²) < 4.78 is 5.57. The van der Waals surface area contributed by atoms with Crippen LogP contribution in [0.4, 0.5) is 4.79 Å². The molecular weight excluding hydrogens is 306 g/mol. The third kappa shape index (κ3) is 4.24. The summed E-state index contributed by atoms with van der Waals surface area (Å²) in [6.07, 6.45) is 10.9. The van der Waals surface area contributed by atoms with E-state index in [1.54, 1.807) is 24.5 Å². The molecule has 1 aromatic heterocycles. The van der Waals surface area contributed by atoms with Crippen LogP contribution in [-0.2, 0) is 4.79 Å². The maximum Gasteiger partial charge on any atom is 0.324 e. The highest BCUT2D eigenvalue weighted by Crippen LogP contribution is 2.28. The van der Waals surface area contributed by atoms with Crippen LogP contribution in [0, 0.1) is 5.92 Å². The molecule has 6 nitrogen and oxygen atoms in total. The standard InChI is InChI=1S/C18H25N3O3/c22-17-16(13-14-5-2-1-3-6-14)20-18(23)21(17)11-4-12-24-15-7-9-19-10-8-15/h7-10,14,16H,1-6,11-13H2,(H,20,23)/t16-/m0/s1. The largest absolute Gasteiger partial charge is 0.493 e. The molecule has 2 heterocycles. The molecule has 0 radical (unpaired) electrons. The number of ether oxygens (including phenoxy) is 1. The van der Waals surface area contributed by atoms with Gasteiger partial charge in [0.05, 0.1) is 6.61 Å². The summed E-state index contributed by atoms with van der Waals surface area (Å²) in [7, 11) is 0. The van der Waals surface area contributed by atoms with Crippen LogP contribution >= 0.6 is 0 Å². The van der Waals surface area contributed by atoms with E-state index in [1.165, 1.54) is 37.0 Å². The third-order valence-corrected chi connectivity index (χ3v) is 4.85. The van der Waals surface area contributed by atoms with Crippen LogP contribution < -0.4 is 10.1 Å². The SMILES string of the molecule is O=C1N[C@@H](CC2CCCCC2)C(=O)N1CCCOc1ccncc1. The van der Waals surface area contributed by atoms with E-state index in [2.05, 4.69) is 10.3 Å². The average Bonchev–Trinajstić information content (AvgIpc) is 2.87. The van der Waals surface area contributed by atoms with Crippen molar-refractivity contribution in [3.8, 4) is 5.75 Å². The van der Waals surface area contributed by atoms with Crippen molar-refractivity contribution in [2.24, 2.45) is 5.92 Å². The first-order valence-electron chi connectivity index (χ1n) is 8.89. The highest BCUT2D eigenvalue weighted by atomic mass is 16.5. The quantitative estimate of drug-likeness (QED) is 0.616. The van der Waals surface area contributed by atoms with Gasteiger partial charge >= 0.3 is 6.03 Å². The Balaban J connectivity index is 1.42. The number of pyridine rings is 1. The van der Waals surface area contributed by atoms with E-state index in [0.29, 0.717) is 25.5 Å². The zero-order chi connectivity index (χ0) is 16.8. The minimum absolute atomic E-state index is 0.0746. The molecule has 6 heteroatoms. The smallest absolute Gasteiger partial charge is 0.324 e. The van der Waals surface area contributed by atoms with E-state index in [1.807, 2.05) is 0 Å². The third-order valence-electron chi connectivity index (χ3n) is 4.85. The Labute approximate surface area is 142 Å². The van der Waals surface area contributed by atoms with Gasteiger partial charge in [-0.05, 0) is 30.9 Å². The number of carbonyl (C=O) groups excluding carboxylic acids is 2. The monoisotopic (exact) mass is 331 g/mol. The van der Waals surface area contributed by atoms with Crippen molar-refractivity contribution in [2.45, 2.75) is 51.0 Å². The van der Waals surface area contributed by atoms with Crippen molar-refractivity contribution in [2.75, 3.05) is 13.2 Å². The van der Waals surface area contributed by atoms with Gasteiger partial charge in [0.1, 0.15) is 11.8 Å². The van der Waals surface area contributed by atoms with Crippen LogP contribution in [0.3, 0.4) is 0 Å². The molecule has 3 rings (SSSR count). The summed E-state index contributed by atoms with van der Waals surface area (Å²) >= 11 is 0. The van der Waals surface area contributed by atoms with Gasteiger partial charge in [0.15, 0.2) is 0 Å². The maximum absolute atomic E-state index is 12.4. The van der Waals surface area contributed by atoms with Gasteiger partial charge in [-0.2, -0.15) is 0 Å². The van der Waals surface area contributed by atoms with Crippen molar-refractivity contribution < 1.29 is 14.3 Å². The molecule has 0 bridgehead atoms. The van der Waals surface area contributed by atoms with Gasteiger partial charge in [-0.1, -0.05) is 32.1 Å². The molecule has 1 N–H and O–H groups in total. The van der Waals surface area contributed by atoms with Crippen LogP contribution in [0.25, 0.3) is 0 Å². The number of urea groups is 1. The molecule has 3 amide bonds. The molecule has 1 aliphatic carbocycles. The van der Waals surface area contributed by atoms with Crippen molar-refractivity contribution in [1.29, 1.82) is 0 Å². The van der Waals surface area contributed by atoms with Gasteiger partial charge in [-0.3, -0.25) is 14.7 Å². The Morgan fingerprint density at radius 2 is 1.92 bits per heavy atom. The van der Waals surface area contributed by atoms with Gasteiger partial charge < -0.3 is 10.1 Å². The molecular formula is C18H25N3O3. The first-order chi connectivity index (χ1) is 11.7. The summed E-state index contributed by atoms with van der Waals surface area (Å²) in [5, 5.41) is 2.85. The van der Waals surface area contributed by atoms with Crippen molar-refractivity contribution in [1.82, 2.24) is 15.2 Å². The van der Waals surface area contributed by atoms with Gasteiger partial charge in [-0.25, -0.2) is 4.79 Å². The second-order valence-corrected chi connectivity index (χ2v) is 6.62. The topological polar surface area (TPSA) is 71.5 Å². The van der Waals surface area contributed by atoms with Crippen LogP contribution in [0.1, 0.15) is 44.9 Å². The molecule has 130 valence electrons. The Kier molecular flexibility index (Phi) is 5.67. The second kappa shape index (κ2) is 8.13. The molecule has 0 unspecified atom stereocenters. The molecule has 1 aromatic rings. The molecule has 1 atom stereocenters. The fourth-order valence-electron chi connectivity index (χ4n) is 3.55. The van der Waals surface area contributed by atoms with Gasteiger partial charge in [0.25, 0.3) is 5.91 Å². The molecule has 24 heavy (non-hydrogen) atoms. The van der Waals surface area contributed by atoms with E-state index in [4.69, 9.17) is 4.74 Å². The van der Waals surface area contributed by atoms with Crippen LogP contribution in [-0.4, -0.2) is 41.0 Å². The predicted octanol–water partition coefficient (Wildman–Crippen LogP) is 2.74. The summed E-state index contributed by atoms with van der Waals surface area (Å²) in [6, 6.07) is 2.98. The summed E-state index contributed by atoms with van der Waals surface area (Å²) in [5.74, 6) is 1.25. The lowest BCUT2D eigenvalue weighted by Gasteiger charge is -2.23. The van der Waals surface area contributed by atoms with Gasteiger partial charge in [0, 0.05) is 18.9 Å². The average molecular weight is 331 g/mol. The lowest BCUT2D eigenvalue weighted by Crippen LogP contribution is -2.34. The number of nitrogens with one attached hydrogen (secondary N) is 1. The number of imide groups is 1. The normalized spacial score (nSPS) is 21.8. The number of nitrogens with zero attached hydrogens (tertiary/aromatic N) is 2. The zero-order valence-electron chi connectivity index (χ0n) is 13.9. The van der Waals surface area contributed by atoms with E-state index in [-0.39, 0.29) is 18.0 Å². The molecule has 1 aliphatic heterocycles. The summed E-state index contributed by atoms with van der Waals surface area (Å²) in [5.41, 5.74) is 0. The van der Waals surface area contributed by atoms with Crippen LogP contribution in [0.5, 0.6) is 5.75 Å². The Bertz CT molecular complexity index is 558. The number of rotatable bonds is 7. The molecule has 2 aliphatic rings. The fourth-order valence-corrected chi connectivity index (χ4v) is 3.55. The number of carbonyl (C=O) groups is 2.